The van der Waals surface area contributed by atoms with E-state index in [0.29, 0.717) is 11.4 Å². The summed E-state index contributed by atoms with van der Waals surface area (Å²) in [5, 5.41) is 10.7. The molecule has 1 amide bonds. The summed E-state index contributed by atoms with van der Waals surface area (Å²) in [4.78, 5) is 27.3. The molecule has 114 valence electrons. The van der Waals surface area contributed by atoms with E-state index in [2.05, 4.69) is 4.98 Å². The van der Waals surface area contributed by atoms with Crippen LogP contribution in [-0.2, 0) is 13.8 Å². The zero-order valence-corrected chi connectivity index (χ0v) is 12.6. The number of anilines is 1. The van der Waals surface area contributed by atoms with E-state index < -0.39 is 19.9 Å². The fourth-order valence-corrected chi connectivity index (χ4v) is 3.64. The summed E-state index contributed by atoms with van der Waals surface area (Å²) in [6.45, 7) is 1.78. The minimum Gasteiger partial charge on any atom is -0.296 e. The number of pyridine rings is 1. The van der Waals surface area contributed by atoms with Gasteiger partial charge in [-0.05, 0) is 12.5 Å². The Kier molecular flexibility index (Phi) is 4.15. The summed E-state index contributed by atoms with van der Waals surface area (Å²) in [5.41, 5.74) is 0.315. The molecule has 0 radical (unpaired) electrons. The lowest BCUT2D eigenvalue weighted by Gasteiger charge is -2.17. The lowest BCUT2D eigenvalue weighted by Crippen LogP contribution is -2.27. The minimum absolute atomic E-state index is 0.0596. The summed E-state index contributed by atoms with van der Waals surface area (Å²) in [7, 11) is 1.51. The SMILES string of the molecule is Cc1cc([N+](=O)[O-])cnc1N1CC(CS(=O)(=O)Cl)CC1=O. The first-order chi connectivity index (χ1) is 9.67. The first-order valence-electron chi connectivity index (χ1n) is 6.01. The normalized spacial score (nSPS) is 19.0. The van der Waals surface area contributed by atoms with Crippen molar-refractivity contribution >= 4 is 37.1 Å². The number of nitro groups is 1. The highest BCUT2D eigenvalue weighted by atomic mass is 35.7. The van der Waals surface area contributed by atoms with Crippen molar-refractivity contribution in [3.63, 3.8) is 0 Å². The maximum atomic E-state index is 12.0. The van der Waals surface area contributed by atoms with Crippen molar-refractivity contribution in [1.82, 2.24) is 4.98 Å². The molecule has 0 aliphatic carbocycles. The predicted octanol–water partition coefficient (Wildman–Crippen LogP) is 1.22. The molecule has 1 aromatic rings. The van der Waals surface area contributed by atoms with Crippen LogP contribution in [0.3, 0.4) is 0 Å². The Hall–Kier alpha value is -1.74. The molecule has 1 aliphatic heterocycles. The highest BCUT2D eigenvalue weighted by Gasteiger charge is 2.34. The van der Waals surface area contributed by atoms with Crippen LogP contribution < -0.4 is 4.90 Å². The third-order valence-corrected chi connectivity index (χ3v) is 4.39. The molecular weight excluding hydrogens is 322 g/mol. The molecule has 1 saturated heterocycles. The zero-order chi connectivity index (χ0) is 15.8. The third-order valence-electron chi connectivity index (χ3n) is 3.14. The lowest BCUT2D eigenvalue weighted by molar-refractivity contribution is -0.385. The molecule has 0 saturated carbocycles. The summed E-state index contributed by atoms with van der Waals surface area (Å²) >= 11 is 0. The van der Waals surface area contributed by atoms with Crippen LogP contribution in [-0.4, -0.2) is 36.5 Å². The number of carbonyl (C=O) groups excluding carboxylic acids is 1. The van der Waals surface area contributed by atoms with Crippen molar-refractivity contribution in [1.29, 1.82) is 0 Å². The number of rotatable bonds is 4. The highest BCUT2D eigenvalue weighted by molar-refractivity contribution is 8.13. The maximum Gasteiger partial charge on any atom is 0.287 e. The Morgan fingerprint density at radius 2 is 2.24 bits per heavy atom. The average molecular weight is 334 g/mol. The van der Waals surface area contributed by atoms with Crippen LogP contribution in [0.5, 0.6) is 0 Å². The molecule has 1 atom stereocenters. The van der Waals surface area contributed by atoms with Gasteiger partial charge in [0.2, 0.25) is 15.0 Å². The Morgan fingerprint density at radius 1 is 1.57 bits per heavy atom. The van der Waals surface area contributed by atoms with E-state index in [1.165, 1.54) is 11.0 Å². The summed E-state index contributed by atoms with van der Waals surface area (Å²) in [5.74, 6) is -0.663. The minimum atomic E-state index is -3.68. The molecule has 1 aliphatic rings. The lowest BCUT2D eigenvalue weighted by atomic mass is 10.1. The molecule has 0 N–H and O–H groups in total. The third kappa shape index (κ3) is 3.67. The number of hydrogen-bond acceptors (Lipinski definition) is 6. The number of nitrogens with zero attached hydrogens (tertiary/aromatic N) is 3. The van der Waals surface area contributed by atoms with E-state index in [4.69, 9.17) is 10.7 Å². The van der Waals surface area contributed by atoms with Gasteiger partial charge >= 0.3 is 0 Å². The van der Waals surface area contributed by atoms with Crippen LogP contribution in [0.15, 0.2) is 12.3 Å². The van der Waals surface area contributed by atoms with Gasteiger partial charge in [0.15, 0.2) is 0 Å². The van der Waals surface area contributed by atoms with Crippen LogP contribution in [0.25, 0.3) is 0 Å². The number of aryl methyl sites for hydroxylation is 1. The zero-order valence-electron chi connectivity index (χ0n) is 11.0. The van der Waals surface area contributed by atoms with Gasteiger partial charge in [-0.15, -0.1) is 0 Å². The molecule has 21 heavy (non-hydrogen) atoms. The second-order valence-electron chi connectivity index (χ2n) is 4.87. The molecule has 10 heteroatoms. The van der Waals surface area contributed by atoms with Crippen molar-refractivity contribution < 1.29 is 18.1 Å². The van der Waals surface area contributed by atoms with Gasteiger partial charge in [0, 0.05) is 35.6 Å². The molecular formula is C11H12ClN3O5S. The number of halogens is 1. The maximum absolute atomic E-state index is 12.0. The first-order valence-corrected chi connectivity index (χ1v) is 8.49. The van der Waals surface area contributed by atoms with Gasteiger partial charge in [0.25, 0.3) is 5.69 Å². The van der Waals surface area contributed by atoms with E-state index in [-0.39, 0.29) is 30.3 Å². The van der Waals surface area contributed by atoms with Gasteiger partial charge in [-0.2, -0.15) is 0 Å². The molecule has 0 bridgehead atoms. The highest BCUT2D eigenvalue weighted by Crippen LogP contribution is 2.28. The topological polar surface area (TPSA) is 110 Å². The van der Waals surface area contributed by atoms with E-state index in [9.17, 15) is 23.3 Å². The molecule has 0 aromatic carbocycles. The van der Waals surface area contributed by atoms with E-state index in [0.717, 1.165) is 6.20 Å². The largest absolute Gasteiger partial charge is 0.296 e. The van der Waals surface area contributed by atoms with E-state index in [1.54, 1.807) is 6.92 Å². The Labute approximate surface area is 125 Å². The van der Waals surface area contributed by atoms with Gasteiger partial charge in [0.1, 0.15) is 12.0 Å². The van der Waals surface area contributed by atoms with Crippen molar-refractivity contribution in [2.24, 2.45) is 5.92 Å². The summed E-state index contributed by atoms with van der Waals surface area (Å²) in [6.07, 6.45) is 1.13. The number of carbonyl (C=O) groups is 1. The second-order valence-corrected chi connectivity index (χ2v) is 7.69. The van der Waals surface area contributed by atoms with Crippen LogP contribution in [0, 0.1) is 23.0 Å². The molecule has 1 unspecified atom stereocenters. The first kappa shape index (κ1) is 15.6. The number of hydrogen-bond donors (Lipinski definition) is 0. The predicted molar refractivity (Wildman–Crippen MR) is 75.7 cm³/mol. The van der Waals surface area contributed by atoms with E-state index in [1.807, 2.05) is 0 Å². The fraction of sp³-hybridized carbons (Fsp3) is 0.455. The fourth-order valence-electron chi connectivity index (χ4n) is 2.31. The number of aromatic nitrogens is 1. The Balaban J connectivity index is 2.23. The number of amides is 1. The van der Waals surface area contributed by atoms with Crippen molar-refractivity contribution in [2.75, 3.05) is 17.2 Å². The van der Waals surface area contributed by atoms with Crippen LogP contribution in [0.1, 0.15) is 12.0 Å². The Bertz CT molecular complexity index is 706. The molecule has 8 nitrogen and oxygen atoms in total. The van der Waals surface area contributed by atoms with Crippen molar-refractivity contribution in [3.05, 3.63) is 27.9 Å². The van der Waals surface area contributed by atoms with Crippen LogP contribution in [0.2, 0.25) is 0 Å². The summed E-state index contributed by atoms with van der Waals surface area (Å²) < 4.78 is 22.1. The molecule has 2 rings (SSSR count). The molecule has 0 spiro atoms. The van der Waals surface area contributed by atoms with Gasteiger partial charge < -0.3 is 0 Å². The van der Waals surface area contributed by atoms with Crippen LogP contribution >= 0.6 is 10.7 Å². The quantitative estimate of drug-likeness (QED) is 0.465. The van der Waals surface area contributed by atoms with Gasteiger partial charge in [-0.1, -0.05) is 0 Å². The molecule has 1 aromatic heterocycles. The van der Waals surface area contributed by atoms with Crippen molar-refractivity contribution in [3.8, 4) is 0 Å². The van der Waals surface area contributed by atoms with E-state index >= 15 is 0 Å². The van der Waals surface area contributed by atoms with Gasteiger partial charge in [0.05, 0.1) is 10.7 Å². The standard InChI is InChI=1S/C11H12ClN3O5S/c1-7-2-9(15(17)18)4-13-11(7)14-5-8(3-10(14)16)6-21(12,19)20/h2,4,8H,3,5-6H2,1H3. The van der Waals surface area contributed by atoms with Crippen molar-refractivity contribution in [2.45, 2.75) is 13.3 Å². The molecule has 1 fully saturated rings. The van der Waals surface area contributed by atoms with Gasteiger partial charge in [-0.25, -0.2) is 13.4 Å². The van der Waals surface area contributed by atoms with Gasteiger partial charge in [-0.3, -0.25) is 19.8 Å². The smallest absolute Gasteiger partial charge is 0.287 e. The molecule has 2 heterocycles. The summed E-state index contributed by atoms with van der Waals surface area (Å²) in [6, 6.07) is 1.32. The second kappa shape index (κ2) is 5.57. The Morgan fingerprint density at radius 3 is 2.76 bits per heavy atom. The van der Waals surface area contributed by atoms with Crippen LogP contribution in [0.4, 0.5) is 11.5 Å². The monoisotopic (exact) mass is 333 g/mol. The average Bonchev–Trinajstić information content (AvgIpc) is 2.67.